The zero-order valence-corrected chi connectivity index (χ0v) is 11.1. The van der Waals surface area contributed by atoms with Gasteiger partial charge in [-0.15, -0.1) is 0 Å². The molecule has 1 aromatic carbocycles. The number of halogens is 1. The van der Waals surface area contributed by atoms with E-state index >= 15 is 0 Å². The van der Waals surface area contributed by atoms with Gasteiger partial charge in [-0.1, -0.05) is 6.07 Å². The number of hydrogen-bond acceptors (Lipinski definition) is 3. The third-order valence-electron chi connectivity index (χ3n) is 3.43. The van der Waals surface area contributed by atoms with Crippen molar-refractivity contribution >= 4 is 17.5 Å². The second kappa shape index (κ2) is 6.47. The summed E-state index contributed by atoms with van der Waals surface area (Å²) >= 11 is 0. The lowest BCUT2D eigenvalue weighted by Gasteiger charge is -2.30. The molecule has 6 heteroatoms. The van der Waals surface area contributed by atoms with Crippen molar-refractivity contribution in [1.82, 2.24) is 4.90 Å². The highest BCUT2D eigenvalue weighted by Crippen LogP contribution is 2.19. The third-order valence-corrected chi connectivity index (χ3v) is 3.43. The summed E-state index contributed by atoms with van der Waals surface area (Å²) < 4.78 is 13.0. The maximum absolute atomic E-state index is 13.0. The van der Waals surface area contributed by atoms with Crippen molar-refractivity contribution in [2.24, 2.45) is 11.7 Å². The fraction of sp³-hybridized carbons (Fsp3) is 0.429. The second-order valence-corrected chi connectivity index (χ2v) is 5.02. The Morgan fingerprint density at radius 3 is 2.65 bits per heavy atom. The van der Waals surface area contributed by atoms with Crippen LogP contribution >= 0.6 is 0 Å². The van der Waals surface area contributed by atoms with E-state index in [0.717, 1.165) is 0 Å². The minimum Gasteiger partial charge on any atom is -0.369 e. The number of benzene rings is 1. The maximum atomic E-state index is 13.0. The Kier molecular flexibility index (Phi) is 4.68. The van der Waals surface area contributed by atoms with Crippen molar-refractivity contribution in [2.75, 3.05) is 25.0 Å². The second-order valence-electron chi connectivity index (χ2n) is 5.02. The Labute approximate surface area is 116 Å². The number of nitrogens with zero attached hydrogens (tertiary/aromatic N) is 1. The lowest BCUT2D eigenvalue weighted by Crippen LogP contribution is -2.42. The van der Waals surface area contributed by atoms with Gasteiger partial charge in [0.25, 0.3) is 0 Å². The van der Waals surface area contributed by atoms with Crippen LogP contribution < -0.4 is 11.1 Å². The molecule has 0 saturated carbocycles. The van der Waals surface area contributed by atoms with Gasteiger partial charge in [0.1, 0.15) is 5.82 Å². The molecule has 1 saturated heterocycles. The first-order valence-corrected chi connectivity index (χ1v) is 6.61. The zero-order valence-electron chi connectivity index (χ0n) is 11.1. The zero-order chi connectivity index (χ0) is 14.5. The predicted molar refractivity (Wildman–Crippen MR) is 73.4 cm³/mol. The first kappa shape index (κ1) is 14.5. The van der Waals surface area contributed by atoms with Gasteiger partial charge in [0, 0.05) is 11.6 Å². The van der Waals surface area contributed by atoms with E-state index in [9.17, 15) is 14.0 Å². The highest BCUT2D eigenvalue weighted by molar-refractivity contribution is 5.92. The summed E-state index contributed by atoms with van der Waals surface area (Å²) in [7, 11) is 0. The predicted octanol–water partition coefficient (Wildman–Crippen LogP) is 0.961. The van der Waals surface area contributed by atoms with E-state index in [4.69, 9.17) is 5.73 Å². The number of carbonyl (C=O) groups excluding carboxylic acids is 2. The molecule has 0 spiro atoms. The van der Waals surface area contributed by atoms with Gasteiger partial charge in [0.15, 0.2) is 0 Å². The highest BCUT2D eigenvalue weighted by atomic mass is 19.1. The van der Waals surface area contributed by atoms with Gasteiger partial charge in [-0.05, 0) is 44.1 Å². The van der Waals surface area contributed by atoms with E-state index in [1.165, 1.54) is 12.1 Å². The number of nitrogens with two attached hydrogens (primary N) is 1. The van der Waals surface area contributed by atoms with E-state index in [1.807, 2.05) is 4.90 Å². The lowest BCUT2D eigenvalue weighted by molar-refractivity contribution is -0.122. The van der Waals surface area contributed by atoms with Crippen LogP contribution in [0.1, 0.15) is 12.8 Å². The first-order valence-electron chi connectivity index (χ1n) is 6.61. The van der Waals surface area contributed by atoms with Crippen LogP contribution in [-0.4, -0.2) is 36.3 Å². The third kappa shape index (κ3) is 4.03. The van der Waals surface area contributed by atoms with E-state index in [0.29, 0.717) is 31.6 Å². The van der Waals surface area contributed by atoms with Crippen LogP contribution in [0.3, 0.4) is 0 Å². The van der Waals surface area contributed by atoms with Crippen molar-refractivity contribution < 1.29 is 14.0 Å². The van der Waals surface area contributed by atoms with Crippen LogP contribution in [0.15, 0.2) is 24.3 Å². The molecule has 3 N–H and O–H groups in total. The van der Waals surface area contributed by atoms with Gasteiger partial charge in [0.2, 0.25) is 11.8 Å². The van der Waals surface area contributed by atoms with E-state index in [-0.39, 0.29) is 30.1 Å². The lowest BCUT2D eigenvalue weighted by atomic mass is 9.96. The molecule has 108 valence electrons. The average molecular weight is 279 g/mol. The van der Waals surface area contributed by atoms with Gasteiger partial charge in [-0.3, -0.25) is 14.5 Å². The number of anilines is 1. The number of primary amides is 1. The molecule has 0 unspecified atom stereocenters. The SMILES string of the molecule is NC(=O)CN1CCC(C(=O)Nc2cccc(F)c2)CC1. The molecule has 0 bridgehead atoms. The number of piperidine rings is 1. The highest BCUT2D eigenvalue weighted by Gasteiger charge is 2.25. The summed E-state index contributed by atoms with van der Waals surface area (Å²) in [6.45, 7) is 1.58. The normalized spacial score (nSPS) is 16.9. The number of carbonyl (C=O) groups is 2. The molecule has 5 nitrogen and oxygen atoms in total. The van der Waals surface area contributed by atoms with Crippen molar-refractivity contribution in [3.63, 3.8) is 0 Å². The van der Waals surface area contributed by atoms with Crippen molar-refractivity contribution in [3.8, 4) is 0 Å². The van der Waals surface area contributed by atoms with Crippen LogP contribution in [0.25, 0.3) is 0 Å². The fourth-order valence-electron chi connectivity index (χ4n) is 2.38. The molecule has 1 aliphatic heterocycles. The molecular weight excluding hydrogens is 261 g/mol. The van der Waals surface area contributed by atoms with Crippen molar-refractivity contribution in [1.29, 1.82) is 0 Å². The van der Waals surface area contributed by atoms with Gasteiger partial charge in [-0.2, -0.15) is 0 Å². The fourth-order valence-corrected chi connectivity index (χ4v) is 2.38. The molecule has 0 radical (unpaired) electrons. The van der Waals surface area contributed by atoms with Crippen molar-refractivity contribution in [2.45, 2.75) is 12.8 Å². The Hall–Kier alpha value is -1.95. The molecule has 1 aromatic rings. The van der Waals surface area contributed by atoms with Crippen LogP contribution in [0.2, 0.25) is 0 Å². The summed E-state index contributed by atoms with van der Waals surface area (Å²) in [6.07, 6.45) is 1.35. The molecule has 2 rings (SSSR count). The van der Waals surface area contributed by atoms with Gasteiger partial charge in [0.05, 0.1) is 6.54 Å². The van der Waals surface area contributed by atoms with E-state index < -0.39 is 0 Å². The first-order chi connectivity index (χ1) is 9.54. The Bertz CT molecular complexity index is 499. The molecule has 0 atom stereocenters. The molecule has 1 heterocycles. The summed E-state index contributed by atoms with van der Waals surface area (Å²) in [6, 6.07) is 5.84. The van der Waals surface area contributed by atoms with Crippen LogP contribution in [-0.2, 0) is 9.59 Å². The molecule has 0 aromatic heterocycles. The average Bonchev–Trinajstić information content (AvgIpc) is 2.38. The molecule has 1 fully saturated rings. The molecule has 1 aliphatic rings. The standard InChI is InChI=1S/C14H18FN3O2/c15-11-2-1-3-12(8-11)17-14(20)10-4-6-18(7-5-10)9-13(16)19/h1-3,8,10H,4-7,9H2,(H2,16,19)(H,17,20). The number of likely N-dealkylation sites (tertiary alicyclic amines) is 1. The quantitative estimate of drug-likeness (QED) is 0.862. The Morgan fingerprint density at radius 1 is 1.35 bits per heavy atom. The van der Waals surface area contributed by atoms with Crippen LogP contribution in [0, 0.1) is 11.7 Å². The molecular formula is C14H18FN3O2. The summed E-state index contributed by atoms with van der Waals surface area (Å²) in [5.41, 5.74) is 5.61. The van der Waals surface area contributed by atoms with Gasteiger partial charge in [-0.25, -0.2) is 4.39 Å². The Balaban J connectivity index is 1.84. The van der Waals surface area contributed by atoms with Crippen LogP contribution in [0.4, 0.5) is 10.1 Å². The van der Waals surface area contributed by atoms with Crippen LogP contribution in [0.5, 0.6) is 0 Å². The number of amides is 2. The van der Waals surface area contributed by atoms with Crippen molar-refractivity contribution in [3.05, 3.63) is 30.1 Å². The summed E-state index contributed by atoms with van der Waals surface area (Å²) in [5.74, 6) is -0.941. The topological polar surface area (TPSA) is 75.4 Å². The minimum absolute atomic E-state index is 0.102. The van der Waals surface area contributed by atoms with E-state index in [1.54, 1.807) is 12.1 Å². The number of nitrogens with one attached hydrogen (secondary N) is 1. The smallest absolute Gasteiger partial charge is 0.231 e. The molecule has 0 aliphatic carbocycles. The monoisotopic (exact) mass is 279 g/mol. The largest absolute Gasteiger partial charge is 0.369 e. The number of rotatable bonds is 4. The summed E-state index contributed by atoms with van der Waals surface area (Å²) in [5, 5.41) is 2.72. The Morgan fingerprint density at radius 2 is 2.05 bits per heavy atom. The molecule has 2 amide bonds. The summed E-state index contributed by atoms with van der Waals surface area (Å²) in [4.78, 5) is 24.8. The van der Waals surface area contributed by atoms with Gasteiger partial charge >= 0.3 is 0 Å². The maximum Gasteiger partial charge on any atom is 0.231 e. The van der Waals surface area contributed by atoms with E-state index in [2.05, 4.69) is 5.32 Å². The molecule has 20 heavy (non-hydrogen) atoms. The minimum atomic E-state index is -0.376. The number of hydrogen-bond donors (Lipinski definition) is 2. The van der Waals surface area contributed by atoms with Gasteiger partial charge < -0.3 is 11.1 Å².